The highest BCUT2D eigenvalue weighted by Crippen LogP contribution is 2.15. The van der Waals surface area contributed by atoms with Crippen molar-refractivity contribution in [2.45, 2.75) is 37.8 Å². The van der Waals surface area contributed by atoms with E-state index in [0.717, 1.165) is 6.04 Å². The van der Waals surface area contributed by atoms with Gasteiger partial charge in [-0.3, -0.25) is 0 Å². The van der Waals surface area contributed by atoms with Gasteiger partial charge in [0.25, 0.3) is 0 Å². The van der Waals surface area contributed by atoms with Crippen LogP contribution < -0.4 is 11.1 Å². The van der Waals surface area contributed by atoms with Crippen LogP contribution in [0.15, 0.2) is 0 Å². The maximum Gasteiger partial charge on any atom is 0.00652 e. The molecule has 0 heterocycles. The molecule has 1 saturated carbocycles. The highest BCUT2D eigenvalue weighted by Gasteiger charge is 2.15. The van der Waals surface area contributed by atoms with Crippen LogP contribution in [0.4, 0.5) is 0 Å². The number of hydrogen-bond acceptors (Lipinski definition) is 2. The predicted molar refractivity (Wildman–Crippen MR) is 39.3 cm³/mol. The molecule has 1 rings (SSSR count). The summed E-state index contributed by atoms with van der Waals surface area (Å²) in [6, 6.07) is 1.22. The van der Waals surface area contributed by atoms with Gasteiger partial charge in [0.05, 0.1) is 0 Å². The molecule has 0 amide bonds. The van der Waals surface area contributed by atoms with Crippen molar-refractivity contribution in [1.82, 2.24) is 5.32 Å². The first-order chi connectivity index (χ1) is 4.33. The first kappa shape index (κ1) is 7.03. The van der Waals surface area contributed by atoms with Crippen molar-refractivity contribution < 1.29 is 0 Å². The van der Waals surface area contributed by atoms with E-state index in [9.17, 15) is 0 Å². The molecule has 3 N–H and O–H groups in total. The fourth-order valence-corrected chi connectivity index (χ4v) is 1.41. The Morgan fingerprint density at radius 3 is 2.22 bits per heavy atom. The van der Waals surface area contributed by atoms with E-state index in [2.05, 4.69) is 5.32 Å². The summed E-state index contributed by atoms with van der Waals surface area (Å²) in [6.45, 7) is 0. The average Bonchev–Trinajstić information content (AvgIpc) is 1.90. The van der Waals surface area contributed by atoms with Crippen LogP contribution in [0.5, 0.6) is 0 Å². The van der Waals surface area contributed by atoms with Crippen LogP contribution >= 0.6 is 0 Å². The minimum atomic E-state index is 0.481. The van der Waals surface area contributed by atoms with Crippen molar-refractivity contribution >= 4 is 0 Å². The van der Waals surface area contributed by atoms with Gasteiger partial charge in [-0.25, -0.2) is 0 Å². The lowest BCUT2D eigenvalue weighted by atomic mass is 9.92. The maximum absolute atomic E-state index is 5.72. The van der Waals surface area contributed by atoms with E-state index in [-0.39, 0.29) is 0 Å². The van der Waals surface area contributed by atoms with Crippen molar-refractivity contribution in [3.05, 3.63) is 0 Å². The van der Waals surface area contributed by atoms with E-state index in [1.165, 1.54) is 25.7 Å². The predicted octanol–water partition coefficient (Wildman–Crippen LogP) is 0.476. The standard InChI is InChI=1S/C7H16N2/c1-9-7-4-2-6(8)3-5-7/h6-7,9H,2-5,8H2,1H3/t6-,7+. The van der Waals surface area contributed by atoms with E-state index >= 15 is 0 Å². The zero-order valence-corrected chi connectivity index (χ0v) is 6.06. The largest absolute Gasteiger partial charge is 0.328 e. The van der Waals surface area contributed by atoms with Gasteiger partial charge in [-0.05, 0) is 32.7 Å². The molecule has 0 atom stereocenters. The van der Waals surface area contributed by atoms with E-state index in [1.54, 1.807) is 0 Å². The molecule has 54 valence electrons. The van der Waals surface area contributed by atoms with Crippen LogP contribution in [-0.2, 0) is 0 Å². The summed E-state index contributed by atoms with van der Waals surface area (Å²) in [5.41, 5.74) is 5.72. The Morgan fingerprint density at radius 2 is 1.78 bits per heavy atom. The van der Waals surface area contributed by atoms with Crippen LogP contribution in [0, 0.1) is 0 Å². The lowest BCUT2D eigenvalue weighted by Gasteiger charge is -2.25. The average molecular weight is 128 g/mol. The van der Waals surface area contributed by atoms with Gasteiger partial charge in [0, 0.05) is 12.1 Å². The summed E-state index contributed by atoms with van der Waals surface area (Å²) in [7, 11) is 2.03. The van der Waals surface area contributed by atoms with E-state index in [4.69, 9.17) is 5.73 Å². The van der Waals surface area contributed by atoms with Gasteiger partial charge in [0.1, 0.15) is 0 Å². The molecule has 1 aliphatic rings. The molecule has 0 spiro atoms. The van der Waals surface area contributed by atoms with Gasteiger partial charge in [-0.2, -0.15) is 0 Å². The van der Waals surface area contributed by atoms with Crippen molar-refractivity contribution in [2.75, 3.05) is 7.05 Å². The number of nitrogens with one attached hydrogen (secondary N) is 1. The molecule has 0 aromatic carbocycles. The Labute approximate surface area is 56.8 Å². The molecule has 0 aliphatic heterocycles. The normalized spacial score (nSPS) is 36.7. The molecule has 9 heavy (non-hydrogen) atoms. The summed E-state index contributed by atoms with van der Waals surface area (Å²) in [5, 5.41) is 3.27. The Morgan fingerprint density at radius 1 is 1.22 bits per heavy atom. The van der Waals surface area contributed by atoms with Crippen LogP contribution in [0.25, 0.3) is 0 Å². The Hall–Kier alpha value is -0.0800. The second-order valence-electron chi connectivity index (χ2n) is 2.90. The van der Waals surface area contributed by atoms with E-state index in [0.29, 0.717) is 6.04 Å². The first-order valence-electron chi connectivity index (χ1n) is 3.76. The third kappa shape index (κ3) is 1.95. The van der Waals surface area contributed by atoms with Crippen molar-refractivity contribution in [2.24, 2.45) is 5.73 Å². The van der Waals surface area contributed by atoms with Crippen LogP contribution in [-0.4, -0.2) is 19.1 Å². The van der Waals surface area contributed by atoms with E-state index < -0.39 is 0 Å². The van der Waals surface area contributed by atoms with Crippen molar-refractivity contribution in [1.29, 1.82) is 0 Å². The first-order valence-corrected chi connectivity index (χ1v) is 3.76. The molecule has 0 saturated heterocycles. The number of rotatable bonds is 1. The second kappa shape index (κ2) is 3.18. The topological polar surface area (TPSA) is 38.0 Å². The SMILES string of the molecule is CN[C@H]1CC[C@@H](N)CC1. The number of hydrogen-bond donors (Lipinski definition) is 2. The van der Waals surface area contributed by atoms with Gasteiger partial charge in [-0.1, -0.05) is 0 Å². The van der Waals surface area contributed by atoms with Gasteiger partial charge >= 0.3 is 0 Å². The highest BCUT2D eigenvalue weighted by atomic mass is 14.9. The summed E-state index contributed by atoms with van der Waals surface area (Å²) in [4.78, 5) is 0. The third-order valence-corrected chi connectivity index (χ3v) is 2.18. The minimum Gasteiger partial charge on any atom is -0.328 e. The molecule has 0 aromatic rings. The maximum atomic E-state index is 5.72. The third-order valence-electron chi connectivity index (χ3n) is 2.18. The minimum absolute atomic E-state index is 0.481. The van der Waals surface area contributed by atoms with Crippen molar-refractivity contribution in [3.8, 4) is 0 Å². The zero-order valence-electron chi connectivity index (χ0n) is 6.06. The van der Waals surface area contributed by atoms with Crippen molar-refractivity contribution in [3.63, 3.8) is 0 Å². The fraction of sp³-hybridized carbons (Fsp3) is 1.00. The Kier molecular flexibility index (Phi) is 2.49. The summed E-state index contributed by atoms with van der Waals surface area (Å²) >= 11 is 0. The van der Waals surface area contributed by atoms with E-state index in [1.807, 2.05) is 7.05 Å². The van der Waals surface area contributed by atoms with Crippen LogP contribution in [0.2, 0.25) is 0 Å². The van der Waals surface area contributed by atoms with Gasteiger partial charge in [0.15, 0.2) is 0 Å². The van der Waals surface area contributed by atoms with Gasteiger partial charge in [0.2, 0.25) is 0 Å². The molecule has 2 heteroatoms. The van der Waals surface area contributed by atoms with Gasteiger partial charge in [-0.15, -0.1) is 0 Å². The second-order valence-corrected chi connectivity index (χ2v) is 2.90. The summed E-state index contributed by atoms with van der Waals surface area (Å²) < 4.78 is 0. The Bertz CT molecular complexity index is 75.0. The van der Waals surface area contributed by atoms with Crippen LogP contribution in [0.1, 0.15) is 25.7 Å². The molecule has 1 fully saturated rings. The monoisotopic (exact) mass is 128 g/mol. The molecular weight excluding hydrogens is 112 g/mol. The lowest BCUT2D eigenvalue weighted by molar-refractivity contribution is 0.358. The zero-order chi connectivity index (χ0) is 6.69. The molecule has 0 unspecified atom stereocenters. The van der Waals surface area contributed by atoms with Crippen LogP contribution in [0.3, 0.4) is 0 Å². The molecule has 0 radical (unpaired) electrons. The molecule has 0 aromatic heterocycles. The number of nitrogens with two attached hydrogens (primary N) is 1. The van der Waals surface area contributed by atoms with Gasteiger partial charge < -0.3 is 11.1 Å². The molecule has 1 aliphatic carbocycles. The smallest absolute Gasteiger partial charge is 0.00652 e. The Balaban J connectivity index is 2.18. The highest BCUT2D eigenvalue weighted by molar-refractivity contribution is 4.77. The fourth-order valence-electron chi connectivity index (χ4n) is 1.41. The quantitative estimate of drug-likeness (QED) is 0.539. The lowest BCUT2D eigenvalue weighted by Crippen LogP contribution is -2.35. The summed E-state index contributed by atoms with van der Waals surface area (Å²) in [6.07, 6.45) is 4.92. The molecule has 2 nitrogen and oxygen atoms in total. The molecular formula is C7H16N2. The summed E-state index contributed by atoms with van der Waals surface area (Å²) in [5.74, 6) is 0. The molecule has 0 bridgehead atoms.